The first kappa shape index (κ1) is 19.9. The Morgan fingerprint density at radius 1 is 1.17 bits per heavy atom. The zero-order valence-electron chi connectivity index (χ0n) is 17.3. The second-order valence-corrected chi connectivity index (χ2v) is 7.77. The number of likely N-dealkylation sites (tertiary alicyclic amines) is 1. The molecule has 0 atom stereocenters. The second kappa shape index (κ2) is 8.52. The van der Waals surface area contributed by atoms with Gasteiger partial charge in [-0.15, -0.1) is 0 Å². The lowest BCUT2D eigenvalue weighted by Crippen LogP contribution is -2.41. The Morgan fingerprint density at radius 3 is 2.57 bits per heavy atom. The average molecular weight is 406 g/mol. The zero-order valence-corrected chi connectivity index (χ0v) is 17.3. The number of carbonyl (C=O) groups excluding carboxylic acids is 2. The van der Waals surface area contributed by atoms with Gasteiger partial charge in [0, 0.05) is 38.6 Å². The van der Waals surface area contributed by atoms with E-state index in [1.165, 1.54) is 0 Å². The summed E-state index contributed by atoms with van der Waals surface area (Å²) in [5.41, 5.74) is 2.91. The van der Waals surface area contributed by atoms with Crippen molar-refractivity contribution in [2.45, 2.75) is 19.8 Å². The van der Waals surface area contributed by atoms with Crippen LogP contribution in [0.15, 0.2) is 48.8 Å². The summed E-state index contributed by atoms with van der Waals surface area (Å²) in [4.78, 5) is 27.0. The van der Waals surface area contributed by atoms with E-state index in [4.69, 9.17) is 0 Å². The molecule has 8 nitrogen and oxygen atoms in total. The highest BCUT2D eigenvalue weighted by Gasteiger charge is 2.26. The van der Waals surface area contributed by atoms with Crippen molar-refractivity contribution in [3.05, 3.63) is 65.7 Å². The molecule has 2 aromatic heterocycles. The molecule has 2 amide bonds. The van der Waals surface area contributed by atoms with Crippen molar-refractivity contribution in [2.75, 3.05) is 19.6 Å². The third kappa shape index (κ3) is 4.27. The molecule has 0 unspecified atom stereocenters. The molecule has 30 heavy (non-hydrogen) atoms. The van der Waals surface area contributed by atoms with Gasteiger partial charge in [0.1, 0.15) is 0 Å². The summed E-state index contributed by atoms with van der Waals surface area (Å²) < 4.78 is 3.41. The van der Waals surface area contributed by atoms with Gasteiger partial charge in [0.15, 0.2) is 5.69 Å². The summed E-state index contributed by atoms with van der Waals surface area (Å²) in [7, 11) is 1.79. The molecule has 0 saturated carbocycles. The standard InChI is InChI=1S/C22H26N6O2/c1-16-12-20(25-28(16)19-6-4-3-5-7-19)22(30)27-10-8-17(9-11-27)13-23-21(29)18-14-24-26(2)15-18/h3-7,12,14-15,17H,8-11,13H2,1-2H3,(H,23,29). The average Bonchev–Trinajstić information content (AvgIpc) is 3.38. The van der Waals surface area contributed by atoms with Gasteiger partial charge in [-0.25, -0.2) is 4.68 Å². The number of carbonyl (C=O) groups is 2. The molecule has 0 radical (unpaired) electrons. The molecule has 1 aliphatic heterocycles. The molecule has 3 aromatic rings. The summed E-state index contributed by atoms with van der Waals surface area (Å²) in [5, 5.41) is 11.5. The summed E-state index contributed by atoms with van der Waals surface area (Å²) in [6, 6.07) is 11.7. The van der Waals surface area contributed by atoms with Crippen LogP contribution in [-0.2, 0) is 7.05 Å². The van der Waals surface area contributed by atoms with E-state index in [1.807, 2.05) is 48.2 Å². The van der Waals surface area contributed by atoms with Crippen molar-refractivity contribution < 1.29 is 9.59 Å². The van der Waals surface area contributed by atoms with E-state index >= 15 is 0 Å². The maximum Gasteiger partial charge on any atom is 0.274 e. The number of aryl methyl sites for hydroxylation is 2. The maximum atomic E-state index is 12.9. The number of para-hydroxylation sites is 1. The molecule has 8 heteroatoms. The summed E-state index contributed by atoms with van der Waals surface area (Å²) in [5.74, 6) is 0.215. The molecule has 0 aliphatic carbocycles. The van der Waals surface area contributed by atoms with Gasteiger partial charge < -0.3 is 10.2 Å². The normalized spacial score (nSPS) is 14.7. The number of nitrogens with one attached hydrogen (secondary N) is 1. The van der Waals surface area contributed by atoms with Crippen LogP contribution >= 0.6 is 0 Å². The van der Waals surface area contributed by atoms with Crippen LogP contribution in [0.5, 0.6) is 0 Å². The van der Waals surface area contributed by atoms with Crippen molar-refractivity contribution in [3.8, 4) is 5.69 Å². The highest BCUT2D eigenvalue weighted by atomic mass is 16.2. The topological polar surface area (TPSA) is 85.1 Å². The fraction of sp³-hybridized carbons (Fsp3) is 0.364. The number of piperidine rings is 1. The van der Waals surface area contributed by atoms with Crippen LogP contribution in [0.1, 0.15) is 39.4 Å². The number of amides is 2. The van der Waals surface area contributed by atoms with Crippen LogP contribution in [0.25, 0.3) is 5.69 Å². The molecule has 1 fully saturated rings. The van der Waals surface area contributed by atoms with Crippen LogP contribution in [0, 0.1) is 12.8 Å². The molecule has 0 spiro atoms. The van der Waals surface area contributed by atoms with E-state index in [-0.39, 0.29) is 11.8 Å². The molecule has 1 aliphatic rings. The van der Waals surface area contributed by atoms with E-state index in [0.29, 0.717) is 36.8 Å². The minimum atomic E-state index is -0.108. The molecule has 1 aromatic carbocycles. The summed E-state index contributed by atoms with van der Waals surface area (Å²) in [6.45, 7) is 3.90. The first-order valence-corrected chi connectivity index (χ1v) is 10.2. The third-order valence-corrected chi connectivity index (χ3v) is 5.53. The molecule has 156 valence electrons. The molecule has 3 heterocycles. The molecule has 1 N–H and O–H groups in total. The monoisotopic (exact) mass is 406 g/mol. The first-order valence-electron chi connectivity index (χ1n) is 10.2. The van der Waals surface area contributed by atoms with Gasteiger partial charge in [-0.3, -0.25) is 14.3 Å². The van der Waals surface area contributed by atoms with E-state index in [2.05, 4.69) is 15.5 Å². The number of rotatable bonds is 5. The van der Waals surface area contributed by atoms with Gasteiger partial charge in [-0.1, -0.05) is 18.2 Å². The molecule has 1 saturated heterocycles. The van der Waals surface area contributed by atoms with Gasteiger partial charge in [-0.05, 0) is 43.9 Å². The zero-order chi connectivity index (χ0) is 21.1. The summed E-state index contributed by atoms with van der Waals surface area (Å²) >= 11 is 0. The van der Waals surface area contributed by atoms with Crippen molar-refractivity contribution in [2.24, 2.45) is 13.0 Å². The van der Waals surface area contributed by atoms with Gasteiger partial charge >= 0.3 is 0 Å². The number of hydrogen-bond donors (Lipinski definition) is 1. The van der Waals surface area contributed by atoms with Gasteiger partial charge in [0.2, 0.25) is 0 Å². The van der Waals surface area contributed by atoms with E-state index < -0.39 is 0 Å². The van der Waals surface area contributed by atoms with Gasteiger partial charge in [-0.2, -0.15) is 10.2 Å². The number of hydrogen-bond acceptors (Lipinski definition) is 4. The maximum absolute atomic E-state index is 12.9. The van der Waals surface area contributed by atoms with Crippen LogP contribution in [0.3, 0.4) is 0 Å². The second-order valence-electron chi connectivity index (χ2n) is 7.77. The van der Waals surface area contributed by atoms with Crippen LogP contribution in [0.2, 0.25) is 0 Å². The van der Waals surface area contributed by atoms with E-state index in [9.17, 15) is 9.59 Å². The molecule has 4 rings (SSSR count). The Morgan fingerprint density at radius 2 is 1.90 bits per heavy atom. The number of nitrogens with zero attached hydrogens (tertiary/aromatic N) is 5. The van der Waals surface area contributed by atoms with Crippen LogP contribution in [0.4, 0.5) is 0 Å². The highest BCUT2D eigenvalue weighted by molar-refractivity contribution is 5.93. The Hall–Kier alpha value is -3.42. The van der Waals surface area contributed by atoms with Gasteiger partial charge in [0.05, 0.1) is 17.4 Å². The fourth-order valence-electron chi connectivity index (χ4n) is 3.79. The van der Waals surface area contributed by atoms with E-state index in [1.54, 1.807) is 28.8 Å². The molecular weight excluding hydrogens is 380 g/mol. The minimum absolute atomic E-state index is 0.0365. The lowest BCUT2D eigenvalue weighted by molar-refractivity contribution is 0.0678. The fourth-order valence-corrected chi connectivity index (χ4v) is 3.79. The Labute approximate surface area is 175 Å². The Bertz CT molecular complexity index is 1030. The minimum Gasteiger partial charge on any atom is -0.352 e. The predicted octanol–water partition coefficient (Wildman–Crippen LogP) is 2.20. The quantitative estimate of drug-likeness (QED) is 0.704. The molecular formula is C22H26N6O2. The summed E-state index contributed by atoms with van der Waals surface area (Å²) in [6.07, 6.45) is 4.98. The van der Waals surface area contributed by atoms with Crippen LogP contribution < -0.4 is 5.32 Å². The van der Waals surface area contributed by atoms with Gasteiger partial charge in [0.25, 0.3) is 11.8 Å². The first-order chi connectivity index (χ1) is 14.5. The van der Waals surface area contributed by atoms with Crippen molar-refractivity contribution in [1.82, 2.24) is 29.8 Å². The van der Waals surface area contributed by atoms with E-state index in [0.717, 1.165) is 24.2 Å². The smallest absolute Gasteiger partial charge is 0.274 e. The van der Waals surface area contributed by atoms with Crippen molar-refractivity contribution >= 4 is 11.8 Å². The Kier molecular flexibility index (Phi) is 5.65. The SMILES string of the molecule is Cc1cc(C(=O)N2CCC(CNC(=O)c3cnn(C)c3)CC2)nn1-c1ccccc1. The highest BCUT2D eigenvalue weighted by Crippen LogP contribution is 2.20. The number of aromatic nitrogens is 4. The largest absolute Gasteiger partial charge is 0.352 e. The van der Waals surface area contributed by atoms with Crippen molar-refractivity contribution in [1.29, 1.82) is 0 Å². The lowest BCUT2D eigenvalue weighted by atomic mass is 9.96. The van der Waals surface area contributed by atoms with Crippen LogP contribution in [-0.4, -0.2) is 55.9 Å². The third-order valence-electron chi connectivity index (χ3n) is 5.53. The Balaban J connectivity index is 1.31. The lowest BCUT2D eigenvalue weighted by Gasteiger charge is -2.31. The number of benzene rings is 1. The predicted molar refractivity (Wildman–Crippen MR) is 112 cm³/mol. The van der Waals surface area contributed by atoms with Crippen molar-refractivity contribution in [3.63, 3.8) is 0 Å². The molecule has 0 bridgehead atoms.